The molecule has 2 aromatic rings. The lowest BCUT2D eigenvalue weighted by atomic mass is 10.1. The summed E-state index contributed by atoms with van der Waals surface area (Å²) in [7, 11) is 0. The molecule has 1 saturated heterocycles. The highest BCUT2D eigenvalue weighted by atomic mass is 16.1. The van der Waals surface area contributed by atoms with E-state index < -0.39 is 0 Å². The number of hydrogen-bond donors (Lipinski definition) is 2. The number of benzene rings is 2. The molecular formula is C21H28N3O+. The van der Waals surface area contributed by atoms with E-state index in [9.17, 15) is 4.79 Å². The van der Waals surface area contributed by atoms with E-state index in [4.69, 9.17) is 0 Å². The van der Waals surface area contributed by atoms with Crippen LogP contribution in [-0.4, -0.2) is 25.5 Å². The second kappa shape index (κ2) is 8.67. The third kappa shape index (κ3) is 5.07. The number of quaternary nitrogens is 1. The Labute approximate surface area is 150 Å². The highest BCUT2D eigenvalue weighted by Gasteiger charge is 2.13. The number of piperidine rings is 1. The first-order chi connectivity index (χ1) is 12.2. The van der Waals surface area contributed by atoms with Crippen LogP contribution in [0.15, 0.2) is 54.6 Å². The lowest BCUT2D eigenvalue weighted by molar-refractivity contribution is -0.682. The highest BCUT2D eigenvalue weighted by molar-refractivity contribution is 5.91. The summed E-state index contributed by atoms with van der Waals surface area (Å²) >= 11 is 0. The summed E-state index contributed by atoms with van der Waals surface area (Å²) in [5, 5.41) is 5.05. The molecule has 2 aromatic carbocycles. The Hall–Kier alpha value is -2.33. The molecule has 132 valence electrons. The topological polar surface area (TPSA) is 49.0 Å². The molecule has 0 radical (unpaired) electrons. The average Bonchev–Trinajstić information content (AvgIpc) is 2.68. The van der Waals surface area contributed by atoms with Crippen LogP contribution in [0.5, 0.6) is 0 Å². The second-order valence-corrected chi connectivity index (χ2v) is 6.78. The standard InChI is InChI=1S/C21H27N3O/c1-17(18-8-4-2-5-9-18)22-16-21(25)23-19-10-12-20(13-11-19)24-14-6-3-7-15-24/h2,4-5,8-13,17,22H,3,6-7,14-16H2,1H3,(H,23,25)/p+1/t17-/m1/s1. The molecule has 4 heteroatoms. The van der Waals surface area contributed by atoms with Crippen molar-refractivity contribution in [2.24, 2.45) is 0 Å². The molecule has 3 rings (SSSR count). The van der Waals surface area contributed by atoms with Gasteiger partial charge in [0.25, 0.3) is 5.91 Å². The fourth-order valence-corrected chi connectivity index (χ4v) is 3.30. The molecule has 1 atom stereocenters. The van der Waals surface area contributed by atoms with Crippen molar-refractivity contribution in [3.8, 4) is 0 Å². The van der Waals surface area contributed by atoms with E-state index in [2.05, 4.69) is 46.7 Å². The van der Waals surface area contributed by atoms with Crippen LogP contribution in [0.3, 0.4) is 0 Å². The number of carbonyl (C=O) groups excluding carboxylic acids is 1. The minimum Gasteiger partial charge on any atom is -0.372 e. The van der Waals surface area contributed by atoms with Gasteiger partial charge < -0.3 is 15.5 Å². The Morgan fingerprint density at radius 1 is 1.04 bits per heavy atom. The molecule has 0 spiro atoms. The molecule has 0 bridgehead atoms. The number of rotatable bonds is 6. The molecule has 3 N–H and O–H groups in total. The van der Waals surface area contributed by atoms with Crippen molar-refractivity contribution in [3.05, 3.63) is 60.2 Å². The van der Waals surface area contributed by atoms with E-state index in [0.717, 1.165) is 18.8 Å². The molecule has 1 heterocycles. The predicted molar refractivity (Wildman–Crippen MR) is 103 cm³/mol. The minimum atomic E-state index is 0.0357. The smallest absolute Gasteiger partial charge is 0.279 e. The summed E-state index contributed by atoms with van der Waals surface area (Å²) in [4.78, 5) is 14.6. The normalized spacial score (nSPS) is 15.6. The zero-order valence-corrected chi connectivity index (χ0v) is 14.9. The van der Waals surface area contributed by atoms with Crippen LogP contribution in [0.2, 0.25) is 0 Å². The van der Waals surface area contributed by atoms with Crippen molar-refractivity contribution in [3.63, 3.8) is 0 Å². The number of nitrogens with one attached hydrogen (secondary N) is 1. The Morgan fingerprint density at radius 3 is 2.40 bits per heavy atom. The highest BCUT2D eigenvalue weighted by Crippen LogP contribution is 2.21. The molecule has 25 heavy (non-hydrogen) atoms. The molecule has 4 nitrogen and oxygen atoms in total. The first-order valence-electron chi connectivity index (χ1n) is 9.25. The summed E-state index contributed by atoms with van der Waals surface area (Å²) in [5.74, 6) is 0.0357. The quantitative estimate of drug-likeness (QED) is 0.851. The first kappa shape index (κ1) is 17.5. The summed E-state index contributed by atoms with van der Waals surface area (Å²) in [5.41, 5.74) is 3.36. The van der Waals surface area contributed by atoms with Crippen molar-refractivity contribution in [1.29, 1.82) is 0 Å². The summed E-state index contributed by atoms with van der Waals surface area (Å²) in [6.45, 7) is 4.82. The maximum atomic E-state index is 12.2. The molecule has 0 aromatic heterocycles. The maximum Gasteiger partial charge on any atom is 0.279 e. The fourth-order valence-electron chi connectivity index (χ4n) is 3.30. The molecule has 0 aliphatic carbocycles. The number of hydrogen-bond acceptors (Lipinski definition) is 2. The van der Waals surface area contributed by atoms with Crippen molar-refractivity contribution >= 4 is 17.3 Å². The Balaban J connectivity index is 1.47. The molecule has 1 aliphatic rings. The van der Waals surface area contributed by atoms with Gasteiger partial charge in [-0.1, -0.05) is 30.3 Å². The number of nitrogens with two attached hydrogens (primary N) is 1. The SMILES string of the molecule is C[C@@H]([NH2+]CC(=O)Nc1ccc(N2CCCCC2)cc1)c1ccccc1. The van der Waals surface area contributed by atoms with Crippen LogP contribution in [0.1, 0.15) is 37.8 Å². The molecule has 1 fully saturated rings. The van der Waals surface area contributed by atoms with E-state index >= 15 is 0 Å². The largest absolute Gasteiger partial charge is 0.372 e. The van der Waals surface area contributed by atoms with Crippen molar-refractivity contribution in [2.75, 3.05) is 29.9 Å². The van der Waals surface area contributed by atoms with Crippen molar-refractivity contribution in [2.45, 2.75) is 32.2 Å². The van der Waals surface area contributed by atoms with Gasteiger partial charge in [0.05, 0.1) is 0 Å². The van der Waals surface area contributed by atoms with Crippen LogP contribution < -0.4 is 15.5 Å². The van der Waals surface area contributed by atoms with Gasteiger partial charge in [-0.2, -0.15) is 0 Å². The number of nitrogens with zero attached hydrogens (tertiary/aromatic N) is 1. The van der Waals surface area contributed by atoms with E-state index in [1.807, 2.05) is 30.3 Å². The lowest BCUT2D eigenvalue weighted by Crippen LogP contribution is -2.86. The Kier molecular flexibility index (Phi) is 6.07. The van der Waals surface area contributed by atoms with Crippen LogP contribution in [0.4, 0.5) is 11.4 Å². The van der Waals surface area contributed by atoms with Gasteiger partial charge in [-0.05, 0) is 50.5 Å². The van der Waals surface area contributed by atoms with E-state index in [-0.39, 0.29) is 11.9 Å². The molecule has 1 amide bonds. The summed E-state index contributed by atoms with van der Waals surface area (Å²) in [6, 6.07) is 18.8. The van der Waals surface area contributed by atoms with Gasteiger partial charge in [0.1, 0.15) is 6.04 Å². The summed E-state index contributed by atoms with van der Waals surface area (Å²) < 4.78 is 0. The van der Waals surface area contributed by atoms with Crippen LogP contribution in [0, 0.1) is 0 Å². The van der Waals surface area contributed by atoms with Crippen LogP contribution >= 0.6 is 0 Å². The van der Waals surface area contributed by atoms with Gasteiger partial charge in [-0.3, -0.25) is 4.79 Å². The number of carbonyl (C=O) groups is 1. The molecule has 0 unspecified atom stereocenters. The Morgan fingerprint density at radius 2 is 1.72 bits per heavy atom. The van der Waals surface area contributed by atoms with Crippen LogP contribution in [-0.2, 0) is 4.79 Å². The van der Waals surface area contributed by atoms with Gasteiger partial charge in [0, 0.05) is 30.0 Å². The van der Waals surface area contributed by atoms with Gasteiger partial charge in [0.15, 0.2) is 6.54 Å². The second-order valence-electron chi connectivity index (χ2n) is 6.78. The molecule has 1 aliphatic heterocycles. The van der Waals surface area contributed by atoms with Crippen LogP contribution in [0.25, 0.3) is 0 Å². The first-order valence-corrected chi connectivity index (χ1v) is 9.25. The predicted octanol–water partition coefficient (Wildman–Crippen LogP) is 2.94. The lowest BCUT2D eigenvalue weighted by Gasteiger charge is -2.28. The van der Waals surface area contributed by atoms with Crippen molar-refractivity contribution < 1.29 is 10.1 Å². The van der Waals surface area contributed by atoms with Gasteiger partial charge in [-0.15, -0.1) is 0 Å². The molecule has 0 saturated carbocycles. The van der Waals surface area contributed by atoms with Gasteiger partial charge >= 0.3 is 0 Å². The number of amides is 1. The van der Waals surface area contributed by atoms with Crippen molar-refractivity contribution in [1.82, 2.24) is 0 Å². The third-order valence-electron chi connectivity index (χ3n) is 4.85. The fraction of sp³-hybridized carbons (Fsp3) is 0.381. The monoisotopic (exact) mass is 338 g/mol. The summed E-state index contributed by atoms with van der Waals surface area (Å²) in [6.07, 6.45) is 3.88. The number of anilines is 2. The van der Waals surface area contributed by atoms with Gasteiger partial charge in [0.2, 0.25) is 0 Å². The third-order valence-corrected chi connectivity index (χ3v) is 4.85. The van der Waals surface area contributed by atoms with E-state index in [1.54, 1.807) is 0 Å². The zero-order valence-electron chi connectivity index (χ0n) is 14.9. The minimum absolute atomic E-state index is 0.0357. The zero-order chi connectivity index (χ0) is 17.5. The van der Waals surface area contributed by atoms with E-state index in [1.165, 1.54) is 30.5 Å². The van der Waals surface area contributed by atoms with Gasteiger partial charge in [-0.25, -0.2) is 0 Å². The van der Waals surface area contributed by atoms with E-state index in [0.29, 0.717) is 6.54 Å². The average molecular weight is 338 g/mol. The molecular weight excluding hydrogens is 310 g/mol. The maximum absolute atomic E-state index is 12.2. The Bertz CT molecular complexity index is 663.